The first-order valence-electron chi connectivity index (χ1n) is 3.94. The van der Waals surface area contributed by atoms with Crippen molar-refractivity contribution in [3.8, 4) is 0 Å². The van der Waals surface area contributed by atoms with E-state index in [0.717, 1.165) is 5.56 Å². The number of benzene rings is 1. The summed E-state index contributed by atoms with van der Waals surface area (Å²) in [5.41, 5.74) is 6.32. The number of ether oxygens (including phenoxy) is 1. The van der Waals surface area contributed by atoms with Crippen molar-refractivity contribution in [2.45, 2.75) is 0 Å². The van der Waals surface area contributed by atoms with Gasteiger partial charge in [-0.2, -0.15) is 0 Å². The van der Waals surface area contributed by atoms with Gasteiger partial charge >= 0.3 is 5.97 Å². The van der Waals surface area contributed by atoms with Gasteiger partial charge in [0.15, 0.2) is 0 Å². The molecule has 0 heterocycles. The third kappa shape index (κ3) is 2.78. The first-order chi connectivity index (χ1) is 6.63. The number of esters is 1. The molecule has 4 heteroatoms. The van der Waals surface area contributed by atoms with Crippen molar-refractivity contribution < 1.29 is 9.53 Å². The number of nitrogens with two attached hydrogens (primary N) is 1. The van der Waals surface area contributed by atoms with Gasteiger partial charge in [0.05, 0.1) is 7.11 Å². The zero-order chi connectivity index (χ0) is 10.6. The van der Waals surface area contributed by atoms with Gasteiger partial charge in [0.2, 0.25) is 0 Å². The maximum Gasteiger partial charge on any atom is 0.353 e. The predicted molar refractivity (Wildman–Crippen MR) is 55.6 cm³/mol. The van der Waals surface area contributed by atoms with Crippen LogP contribution in [-0.2, 0) is 9.53 Å². The van der Waals surface area contributed by atoms with Gasteiger partial charge in [0.1, 0.15) is 5.70 Å². The molecule has 0 saturated carbocycles. The van der Waals surface area contributed by atoms with E-state index in [1.807, 2.05) is 0 Å². The lowest BCUT2D eigenvalue weighted by Crippen LogP contribution is -2.12. The van der Waals surface area contributed by atoms with E-state index in [1.165, 1.54) is 13.2 Å². The second-order valence-electron chi connectivity index (χ2n) is 2.64. The molecule has 1 aromatic rings. The first kappa shape index (κ1) is 10.6. The average molecular weight is 212 g/mol. The summed E-state index contributed by atoms with van der Waals surface area (Å²) in [5.74, 6) is -0.542. The van der Waals surface area contributed by atoms with Gasteiger partial charge in [0.25, 0.3) is 0 Å². The molecule has 1 aromatic carbocycles. The van der Waals surface area contributed by atoms with Crippen LogP contribution in [0.5, 0.6) is 0 Å². The predicted octanol–water partition coefficient (Wildman–Crippen LogP) is 1.81. The lowest BCUT2D eigenvalue weighted by Gasteiger charge is -1.98. The molecule has 0 unspecified atom stereocenters. The van der Waals surface area contributed by atoms with E-state index in [-0.39, 0.29) is 5.70 Å². The highest BCUT2D eigenvalue weighted by atomic mass is 35.5. The monoisotopic (exact) mass is 211 g/mol. The van der Waals surface area contributed by atoms with Crippen LogP contribution in [0, 0.1) is 0 Å². The second-order valence-corrected chi connectivity index (χ2v) is 3.08. The SMILES string of the molecule is COC(=O)C(N)=Cc1ccc(Cl)cc1. The van der Waals surface area contributed by atoms with Crippen molar-refractivity contribution in [1.82, 2.24) is 0 Å². The fourth-order valence-electron chi connectivity index (χ4n) is 0.915. The third-order valence-corrected chi connectivity index (χ3v) is 1.87. The van der Waals surface area contributed by atoms with Crippen LogP contribution >= 0.6 is 11.6 Å². The zero-order valence-corrected chi connectivity index (χ0v) is 8.41. The highest BCUT2D eigenvalue weighted by molar-refractivity contribution is 6.30. The molecule has 74 valence electrons. The number of halogens is 1. The summed E-state index contributed by atoms with van der Waals surface area (Å²) in [4.78, 5) is 10.9. The Morgan fingerprint density at radius 1 is 1.43 bits per heavy atom. The third-order valence-electron chi connectivity index (χ3n) is 1.61. The Morgan fingerprint density at radius 3 is 2.50 bits per heavy atom. The lowest BCUT2D eigenvalue weighted by molar-refractivity contribution is -0.136. The van der Waals surface area contributed by atoms with Gasteiger partial charge in [-0.25, -0.2) is 4.79 Å². The molecule has 0 aliphatic heterocycles. The Hall–Kier alpha value is -1.48. The van der Waals surface area contributed by atoms with Crippen molar-refractivity contribution in [3.05, 3.63) is 40.5 Å². The molecule has 0 aliphatic rings. The quantitative estimate of drug-likeness (QED) is 0.600. The van der Waals surface area contributed by atoms with Crippen molar-refractivity contribution in [2.24, 2.45) is 5.73 Å². The molecule has 0 radical (unpaired) electrons. The molecule has 0 aromatic heterocycles. The Balaban J connectivity index is 2.86. The van der Waals surface area contributed by atoms with Crippen molar-refractivity contribution in [1.29, 1.82) is 0 Å². The number of hydrogen-bond donors (Lipinski definition) is 1. The van der Waals surface area contributed by atoms with Gasteiger partial charge in [-0.3, -0.25) is 0 Å². The molecule has 0 spiro atoms. The van der Waals surface area contributed by atoms with Crippen LogP contribution in [0.3, 0.4) is 0 Å². The van der Waals surface area contributed by atoms with E-state index in [9.17, 15) is 4.79 Å². The Bertz CT molecular complexity index is 357. The number of carbonyl (C=O) groups excluding carboxylic acids is 1. The minimum atomic E-state index is -0.542. The fraction of sp³-hybridized carbons (Fsp3) is 0.100. The molecule has 14 heavy (non-hydrogen) atoms. The highest BCUT2D eigenvalue weighted by Crippen LogP contribution is 2.11. The van der Waals surface area contributed by atoms with E-state index in [4.69, 9.17) is 17.3 Å². The van der Waals surface area contributed by atoms with Gasteiger partial charge in [0, 0.05) is 5.02 Å². The summed E-state index contributed by atoms with van der Waals surface area (Å²) in [6.07, 6.45) is 1.53. The van der Waals surface area contributed by atoms with Crippen molar-refractivity contribution >= 4 is 23.6 Å². The molecule has 0 saturated heterocycles. The van der Waals surface area contributed by atoms with Crippen LogP contribution in [0.2, 0.25) is 5.02 Å². The number of methoxy groups -OCH3 is 1. The standard InChI is InChI=1S/C10H10ClNO2/c1-14-10(13)9(12)6-7-2-4-8(11)5-3-7/h2-6H,12H2,1H3. The maximum absolute atomic E-state index is 10.9. The van der Waals surface area contributed by atoms with Gasteiger partial charge in [-0.05, 0) is 23.8 Å². The zero-order valence-electron chi connectivity index (χ0n) is 7.66. The topological polar surface area (TPSA) is 52.3 Å². The summed E-state index contributed by atoms with van der Waals surface area (Å²) in [5, 5.41) is 0.638. The molecule has 2 N–H and O–H groups in total. The molecule has 1 rings (SSSR count). The van der Waals surface area contributed by atoms with E-state index < -0.39 is 5.97 Å². The molecule has 0 atom stereocenters. The Kier molecular flexibility index (Phi) is 3.54. The van der Waals surface area contributed by atoms with Crippen LogP contribution in [0.4, 0.5) is 0 Å². The van der Waals surface area contributed by atoms with E-state index in [1.54, 1.807) is 24.3 Å². The first-order valence-corrected chi connectivity index (χ1v) is 4.32. The highest BCUT2D eigenvalue weighted by Gasteiger charge is 2.03. The number of carbonyl (C=O) groups is 1. The van der Waals surface area contributed by atoms with Gasteiger partial charge < -0.3 is 10.5 Å². The minimum Gasteiger partial charge on any atom is -0.464 e. The van der Waals surface area contributed by atoms with Crippen molar-refractivity contribution in [3.63, 3.8) is 0 Å². The molecule has 0 fully saturated rings. The van der Waals surface area contributed by atoms with Crippen LogP contribution in [0.1, 0.15) is 5.56 Å². The molecular formula is C10H10ClNO2. The van der Waals surface area contributed by atoms with E-state index in [2.05, 4.69) is 4.74 Å². The molecule has 0 amide bonds. The molecule has 0 bridgehead atoms. The Labute approximate surface area is 87.1 Å². The normalized spacial score (nSPS) is 11.1. The fourth-order valence-corrected chi connectivity index (χ4v) is 1.04. The van der Waals surface area contributed by atoms with Crippen LogP contribution in [0.15, 0.2) is 30.0 Å². The van der Waals surface area contributed by atoms with Gasteiger partial charge in [-0.15, -0.1) is 0 Å². The van der Waals surface area contributed by atoms with Crippen LogP contribution in [0.25, 0.3) is 6.08 Å². The van der Waals surface area contributed by atoms with Gasteiger partial charge in [-0.1, -0.05) is 23.7 Å². The van der Waals surface area contributed by atoms with Crippen LogP contribution in [-0.4, -0.2) is 13.1 Å². The summed E-state index contributed by atoms with van der Waals surface area (Å²) in [6, 6.07) is 6.96. The maximum atomic E-state index is 10.9. The summed E-state index contributed by atoms with van der Waals surface area (Å²) in [7, 11) is 1.28. The van der Waals surface area contributed by atoms with Crippen molar-refractivity contribution in [2.75, 3.05) is 7.11 Å². The second kappa shape index (κ2) is 4.67. The molecule has 0 aliphatic carbocycles. The largest absolute Gasteiger partial charge is 0.464 e. The lowest BCUT2D eigenvalue weighted by atomic mass is 10.2. The Morgan fingerprint density at radius 2 is 2.00 bits per heavy atom. The number of rotatable bonds is 2. The van der Waals surface area contributed by atoms with E-state index >= 15 is 0 Å². The summed E-state index contributed by atoms with van der Waals surface area (Å²) >= 11 is 5.69. The smallest absolute Gasteiger partial charge is 0.353 e. The number of hydrogen-bond acceptors (Lipinski definition) is 3. The van der Waals surface area contributed by atoms with Crippen LogP contribution < -0.4 is 5.73 Å². The average Bonchev–Trinajstić information content (AvgIpc) is 2.20. The minimum absolute atomic E-state index is 0.0647. The summed E-state index contributed by atoms with van der Waals surface area (Å²) in [6.45, 7) is 0. The van der Waals surface area contributed by atoms with E-state index in [0.29, 0.717) is 5.02 Å². The molecular weight excluding hydrogens is 202 g/mol. The summed E-state index contributed by atoms with van der Waals surface area (Å²) < 4.78 is 4.45. The molecule has 3 nitrogen and oxygen atoms in total.